The molecular formula is C9H9ClFN. The maximum Gasteiger partial charge on any atom is 0.124 e. The normalized spacial score (nSPS) is 21.1. The van der Waals surface area contributed by atoms with Crippen molar-refractivity contribution in [3.05, 3.63) is 34.1 Å². The third-order valence-corrected chi connectivity index (χ3v) is 2.59. The van der Waals surface area contributed by atoms with Gasteiger partial charge in [-0.1, -0.05) is 11.6 Å². The molecule has 0 heterocycles. The fraction of sp³-hybridized carbons (Fsp3) is 0.333. The molecule has 64 valence electrons. The van der Waals surface area contributed by atoms with Crippen LogP contribution in [0.2, 0.25) is 5.02 Å². The quantitative estimate of drug-likeness (QED) is 0.660. The summed E-state index contributed by atoms with van der Waals surface area (Å²) < 4.78 is 12.8. The van der Waals surface area contributed by atoms with Crippen LogP contribution in [0.4, 0.5) is 4.39 Å². The summed E-state index contributed by atoms with van der Waals surface area (Å²) in [6.45, 7) is 0. The van der Waals surface area contributed by atoms with Crippen LogP contribution in [-0.2, 0) is 6.42 Å². The zero-order valence-corrected chi connectivity index (χ0v) is 7.24. The van der Waals surface area contributed by atoms with Crippen LogP contribution in [0.1, 0.15) is 23.6 Å². The van der Waals surface area contributed by atoms with Crippen LogP contribution in [0.5, 0.6) is 0 Å². The van der Waals surface area contributed by atoms with Gasteiger partial charge < -0.3 is 5.73 Å². The van der Waals surface area contributed by atoms with E-state index in [2.05, 4.69) is 0 Å². The minimum absolute atomic E-state index is 0.00639. The molecule has 0 saturated carbocycles. The highest BCUT2D eigenvalue weighted by Gasteiger charge is 2.22. The van der Waals surface area contributed by atoms with Crippen LogP contribution < -0.4 is 5.73 Å². The average molecular weight is 186 g/mol. The Kier molecular flexibility index (Phi) is 1.81. The lowest BCUT2D eigenvalue weighted by molar-refractivity contribution is 0.626. The summed E-state index contributed by atoms with van der Waals surface area (Å²) in [6.07, 6.45) is 1.71. The van der Waals surface area contributed by atoms with Crippen molar-refractivity contribution >= 4 is 11.6 Å². The molecule has 1 unspecified atom stereocenters. The molecule has 12 heavy (non-hydrogen) atoms. The third kappa shape index (κ3) is 1.11. The molecule has 0 bridgehead atoms. The molecule has 2 N–H and O–H groups in total. The van der Waals surface area contributed by atoms with Crippen molar-refractivity contribution in [3.63, 3.8) is 0 Å². The van der Waals surface area contributed by atoms with Gasteiger partial charge in [0.25, 0.3) is 0 Å². The highest BCUT2D eigenvalue weighted by Crippen LogP contribution is 2.35. The number of hydrogen-bond donors (Lipinski definition) is 1. The van der Waals surface area contributed by atoms with E-state index in [-0.39, 0.29) is 11.9 Å². The molecule has 2 rings (SSSR count). The molecule has 1 atom stereocenters. The second-order valence-corrected chi connectivity index (χ2v) is 3.51. The van der Waals surface area contributed by atoms with Crippen molar-refractivity contribution in [2.24, 2.45) is 5.73 Å². The Labute approximate surface area is 75.3 Å². The first kappa shape index (κ1) is 8.02. The Morgan fingerprint density at radius 1 is 1.50 bits per heavy atom. The maximum absolute atomic E-state index is 12.8. The number of hydrogen-bond acceptors (Lipinski definition) is 1. The molecule has 1 aliphatic carbocycles. The Bertz CT molecular complexity index is 325. The van der Waals surface area contributed by atoms with E-state index in [1.165, 1.54) is 12.1 Å². The minimum atomic E-state index is -0.271. The van der Waals surface area contributed by atoms with E-state index in [1.54, 1.807) is 0 Å². The van der Waals surface area contributed by atoms with Crippen LogP contribution in [0.25, 0.3) is 0 Å². The number of halogens is 2. The molecule has 1 aliphatic rings. The smallest absolute Gasteiger partial charge is 0.124 e. The summed E-state index contributed by atoms with van der Waals surface area (Å²) in [4.78, 5) is 0. The molecule has 3 heteroatoms. The lowest BCUT2D eigenvalue weighted by Gasteiger charge is -2.06. The molecule has 1 aromatic rings. The van der Waals surface area contributed by atoms with E-state index in [9.17, 15) is 4.39 Å². The molecule has 0 radical (unpaired) electrons. The van der Waals surface area contributed by atoms with Crippen molar-refractivity contribution in [2.45, 2.75) is 18.9 Å². The van der Waals surface area contributed by atoms with Crippen molar-refractivity contribution in [3.8, 4) is 0 Å². The topological polar surface area (TPSA) is 26.0 Å². The van der Waals surface area contributed by atoms with Crippen LogP contribution in [0, 0.1) is 5.82 Å². The number of benzene rings is 1. The van der Waals surface area contributed by atoms with Crippen molar-refractivity contribution in [1.29, 1.82) is 0 Å². The van der Waals surface area contributed by atoms with Gasteiger partial charge in [-0.3, -0.25) is 0 Å². The van der Waals surface area contributed by atoms with Crippen molar-refractivity contribution < 1.29 is 4.39 Å². The molecule has 0 amide bonds. The van der Waals surface area contributed by atoms with Gasteiger partial charge in [-0.2, -0.15) is 0 Å². The van der Waals surface area contributed by atoms with E-state index in [0.717, 1.165) is 24.0 Å². The fourth-order valence-corrected chi connectivity index (χ4v) is 2.08. The predicted octanol–water partition coefficient (Wildman–Crippen LogP) is 2.43. The molecule has 1 nitrogen and oxygen atoms in total. The lowest BCUT2D eigenvalue weighted by Crippen LogP contribution is -2.05. The number of nitrogens with two attached hydrogens (primary N) is 1. The predicted molar refractivity (Wildman–Crippen MR) is 46.7 cm³/mol. The van der Waals surface area contributed by atoms with Gasteiger partial charge in [0, 0.05) is 11.1 Å². The van der Waals surface area contributed by atoms with Gasteiger partial charge in [-0.25, -0.2) is 4.39 Å². The Balaban J connectivity index is 2.60. The summed E-state index contributed by atoms with van der Waals surface area (Å²) in [6, 6.07) is 2.84. The number of aryl methyl sites for hydroxylation is 1. The van der Waals surface area contributed by atoms with E-state index in [1.807, 2.05) is 0 Å². The van der Waals surface area contributed by atoms with Crippen LogP contribution in [0.15, 0.2) is 12.1 Å². The second-order valence-electron chi connectivity index (χ2n) is 3.11. The van der Waals surface area contributed by atoms with E-state index in [4.69, 9.17) is 17.3 Å². The summed E-state index contributed by atoms with van der Waals surface area (Å²) in [5.74, 6) is -0.271. The first-order chi connectivity index (χ1) is 5.68. The first-order valence-electron chi connectivity index (χ1n) is 3.92. The Hall–Kier alpha value is -0.600. The van der Waals surface area contributed by atoms with Gasteiger partial charge in [0.2, 0.25) is 0 Å². The molecule has 0 spiro atoms. The Morgan fingerprint density at radius 3 is 3.00 bits per heavy atom. The third-order valence-electron chi connectivity index (χ3n) is 2.28. The number of rotatable bonds is 0. The first-order valence-corrected chi connectivity index (χ1v) is 4.29. The van der Waals surface area contributed by atoms with Gasteiger partial charge in [0.15, 0.2) is 0 Å². The highest BCUT2D eigenvalue weighted by atomic mass is 35.5. The summed E-state index contributed by atoms with van der Waals surface area (Å²) >= 11 is 5.85. The molecular weight excluding hydrogens is 177 g/mol. The van der Waals surface area contributed by atoms with E-state index in [0.29, 0.717) is 5.02 Å². The van der Waals surface area contributed by atoms with Crippen LogP contribution in [0.3, 0.4) is 0 Å². The van der Waals surface area contributed by atoms with Gasteiger partial charge in [0.1, 0.15) is 5.82 Å². The zero-order chi connectivity index (χ0) is 8.72. The molecule has 0 fully saturated rings. The molecule has 1 aromatic carbocycles. The monoisotopic (exact) mass is 185 g/mol. The Morgan fingerprint density at radius 2 is 2.25 bits per heavy atom. The zero-order valence-electron chi connectivity index (χ0n) is 6.48. The second kappa shape index (κ2) is 2.71. The van der Waals surface area contributed by atoms with Gasteiger partial charge in [-0.05, 0) is 36.1 Å². The van der Waals surface area contributed by atoms with E-state index < -0.39 is 0 Å². The molecule has 0 aromatic heterocycles. The standard InChI is InChI=1S/C9H9ClFN/c10-7-4-6(11)3-5-1-2-8(12)9(5)7/h3-4,8H,1-2,12H2. The summed E-state index contributed by atoms with van der Waals surface area (Å²) in [5.41, 5.74) is 7.68. The summed E-state index contributed by atoms with van der Waals surface area (Å²) in [7, 11) is 0. The van der Waals surface area contributed by atoms with Crippen molar-refractivity contribution in [2.75, 3.05) is 0 Å². The largest absolute Gasteiger partial charge is 0.324 e. The van der Waals surface area contributed by atoms with Gasteiger partial charge in [0.05, 0.1) is 0 Å². The SMILES string of the molecule is NC1CCc2cc(F)cc(Cl)c21. The van der Waals surface area contributed by atoms with Crippen molar-refractivity contribution in [1.82, 2.24) is 0 Å². The van der Waals surface area contributed by atoms with Gasteiger partial charge >= 0.3 is 0 Å². The lowest BCUT2D eigenvalue weighted by atomic mass is 10.1. The van der Waals surface area contributed by atoms with Gasteiger partial charge in [-0.15, -0.1) is 0 Å². The highest BCUT2D eigenvalue weighted by molar-refractivity contribution is 6.31. The summed E-state index contributed by atoms with van der Waals surface area (Å²) in [5, 5.41) is 0.468. The van der Waals surface area contributed by atoms with Crippen LogP contribution >= 0.6 is 11.6 Å². The number of fused-ring (bicyclic) bond motifs is 1. The average Bonchev–Trinajstić information content (AvgIpc) is 2.31. The minimum Gasteiger partial charge on any atom is -0.324 e. The van der Waals surface area contributed by atoms with Crippen LogP contribution in [-0.4, -0.2) is 0 Å². The molecule has 0 saturated heterocycles. The fourth-order valence-electron chi connectivity index (χ4n) is 1.72. The molecule has 0 aliphatic heterocycles. The maximum atomic E-state index is 12.8. The van der Waals surface area contributed by atoms with E-state index >= 15 is 0 Å².